The van der Waals surface area contributed by atoms with Gasteiger partial charge in [0.1, 0.15) is 0 Å². The molecule has 10 heavy (non-hydrogen) atoms. The highest BCUT2D eigenvalue weighted by atomic mass is 16.5. The van der Waals surface area contributed by atoms with Crippen molar-refractivity contribution in [3.05, 3.63) is 0 Å². The van der Waals surface area contributed by atoms with E-state index in [0.29, 0.717) is 0 Å². The van der Waals surface area contributed by atoms with Crippen LogP contribution in [0, 0.1) is 0 Å². The predicted molar refractivity (Wildman–Crippen MR) is 42.5 cm³/mol. The summed E-state index contributed by atoms with van der Waals surface area (Å²) < 4.78 is 5.40. The van der Waals surface area contributed by atoms with Gasteiger partial charge in [-0.25, -0.2) is 0 Å². The molecule has 0 aromatic carbocycles. The summed E-state index contributed by atoms with van der Waals surface area (Å²) in [6.07, 6.45) is 1.24. The van der Waals surface area contributed by atoms with Crippen LogP contribution in [0.3, 0.4) is 0 Å². The first-order valence-corrected chi connectivity index (χ1v) is 3.83. The molecule has 0 aliphatic carbocycles. The summed E-state index contributed by atoms with van der Waals surface area (Å²) in [5, 5.41) is 0. The van der Waals surface area contributed by atoms with Crippen LogP contribution < -0.4 is 11.3 Å². The van der Waals surface area contributed by atoms with Crippen molar-refractivity contribution in [3.63, 3.8) is 0 Å². The van der Waals surface area contributed by atoms with E-state index in [2.05, 4.69) is 12.3 Å². The van der Waals surface area contributed by atoms with Crippen molar-refractivity contribution >= 4 is 0 Å². The molecular weight excluding hydrogens is 128 g/mol. The molecule has 0 radical (unpaired) electrons. The topological polar surface area (TPSA) is 47.3 Å². The smallest absolute Gasteiger partial charge is 0.0736 e. The number of rotatable bonds is 5. The predicted octanol–water partition coefficient (Wildman–Crippen LogP) is 0.653. The quantitative estimate of drug-likeness (QED) is 0.442. The summed E-state index contributed by atoms with van der Waals surface area (Å²) >= 11 is 0. The van der Waals surface area contributed by atoms with Gasteiger partial charge in [0.25, 0.3) is 0 Å². The minimum absolute atomic E-state index is 0.241. The van der Waals surface area contributed by atoms with Crippen molar-refractivity contribution < 1.29 is 4.74 Å². The lowest BCUT2D eigenvalue weighted by Crippen LogP contribution is -2.42. The zero-order chi connectivity index (χ0) is 7.98. The zero-order valence-corrected chi connectivity index (χ0v) is 7.05. The Balaban J connectivity index is 3.56. The van der Waals surface area contributed by atoms with Gasteiger partial charge in [-0.3, -0.25) is 11.3 Å². The summed E-state index contributed by atoms with van der Waals surface area (Å²) in [6.45, 7) is 6.86. The van der Waals surface area contributed by atoms with E-state index >= 15 is 0 Å². The number of hydrogen-bond acceptors (Lipinski definition) is 3. The fourth-order valence-corrected chi connectivity index (χ4v) is 0.937. The van der Waals surface area contributed by atoms with Crippen LogP contribution in [0.5, 0.6) is 0 Å². The van der Waals surface area contributed by atoms with Crippen molar-refractivity contribution in [1.82, 2.24) is 5.43 Å². The Morgan fingerprint density at radius 2 is 2.10 bits per heavy atom. The second-order valence-electron chi connectivity index (χ2n) is 2.36. The fourth-order valence-electron chi connectivity index (χ4n) is 0.937. The van der Waals surface area contributed by atoms with E-state index in [4.69, 9.17) is 10.6 Å². The van der Waals surface area contributed by atoms with Gasteiger partial charge in [-0.2, -0.15) is 0 Å². The molecule has 0 bridgehead atoms. The third kappa shape index (κ3) is 3.15. The first-order chi connectivity index (χ1) is 4.76. The lowest BCUT2D eigenvalue weighted by atomic mass is 10.1. The lowest BCUT2D eigenvalue weighted by Gasteiger charge is -2.21. The summed E-state index contributed by atoms with van der Waals surface area (Å²) in [7, 11) is 0. The number of hydrazine groups is 1. The van der Waals surface area contributed by atoms with Gasteiger partial charge in [-0.1, -0.05) is 6.92 Å². The summed E-state index contributed by atoms with van der Waals surface area (Å²) in [6, 6.07) is 0.241. The maximum atomic E-state index is 5.40. The molecule has 2 unspecified atom stereocenters. The molecule has 3 N–H and O–H groups in total. The maximum absolute atomic E-state index is 5.40. The average Bonchev–Trinajstić information content (AvgIpc) is 1.99. The first-order valence-electron chi connectivity index (χ1n) is 3.83. The summed E-state index contributed by atoms with van der Waals surface area (Å²) in [5.41, 5.74) is 2.68. The Hall–Kier alpha value is -0.120. The van der Waals surface area contributed by atoms with Gasteiger partial charge in [-0.15, -0.1) is 0 Å². The van der Waals surface area contributed by atoms with Crippen LogP contribution in [0.4, 0.5) is 0 Å². The monoisotopic (exact) mass is 146 g/mol. The third-order valence-electron chi connectivity index (χ3n) is 1.60. The van der Waals surface area contributed by atoms with Gasteiger partial charge in [0.05, 0.1) is 6.10 Å². The normalized spacial score (nSPS) is 16.8. The maximum Gasteiger partial charge on any atom is 0.0736 e. The molecule has 0 spiro atoms. The molecule has 2 atom stereocenters. The molecule has 0 fully saturated rings. The fraction of sp³-hybridized carbons (Fsp3) is 1.00. The Bertz CT molecular complexity index is 78.0. The highest BCUT2D eigenvalue weighted by Crippen LogP contribution is 2.02. The molecular formula is C7H18N2O. The SMILES string of the molecule is CCOC(CC)C(C)NN. The molecule has 0 aliphatic rings. The van der Waals surface area contributed by atoms with Crippen LogP contribution in [0.25, 0.3) is 0 Å². The first kappa shape index (κ1) is 9.88. The minimum atomic E-state index is 0.241. The van der Waals surface area contributed by atoms with E-state index in [9.17, 15) is 0 Å². The Labute approximate surface area is 62.9 Å². The molecule has 0 saturated heterocycles. The van der Waals surface area contributed by atoms with Gasteiger partial charge in [0, 0.05) is 12.6 Å². The van der Waals surface area contributed by atoms with Crippen LogP contribution in [-0.4, -0.2) is 18.8 Å². The molecule has 0 heterocycles. The van der Waals surface area contributed by atoms with Crippen molar-refractivity contribution in [2.45, 2.75) is 39.3 Å². The van der Waals surface area contributed by atoms with E-state index in [0.717, 1.165) is 13.0 Å². The van der Waals surface area contributed by atoms with E-state index < -0.39 is 0 Å². The number of nitrogens with two attached hydrogens (primary N) is 1. The van der Waals surface area contributed by atoms with Crippen LogP contribution in [0.1, 0.15) is 27.2 Å². The number of nitrogens with one attached hydrogen (secondary N) is 1. The average molecular weight is 146 g/mol. The van der Waals surface area contributed by atoms with Gasteiger partial charge >= 0.3 is 0 Å². The summed E-state index contributed by atoms with van der Waals surface area (Å²) in [4.78, 5) is 0. The van der Waals surface area contributed by atoms with E-state index in [1.807, 2.05) is 13.8 Å². The van der Waals surface area contributed by atoms with Crippen LogP contribution in [-0.2, 0) is 4.74 Å². The number of hydrogen-bond donors (Lipinski definition) is 2. The third-order valence-corrected chi connectivity index (χ3v) is 1.60. The molecule has 3 nitrogen and oxygen atoms in total. The molecule has 62 valence electrons. The van der Waals surface area contributed by atoms with Crippen LogP contribution in [0.2, 0.25) is 0 Å². The van der Waals surface area contributed by atoms with Crippen molar-refractivity contribution in [2.75, 3.05) is 6.61 Å². The molecule has 0 aromatic heterocycles. The molecule has 0 saturated carbocycles. The lowest BCUT2D eigenvalue weighted by molar-refractivity contribution is 0.0366. The van der Waals surface area contributed by atoms with E-state index in [1.165, 1.54) is 0 Å². The molecule has 0 aromatic rings. The Morgan fingerprint density at radius 1 is 1.50 bits per heavy atom. The number of ether oxygens (including phenoxy) is 1. The Morgan fingerprint density at radius 3 is 2.40 bits per heavy atom. The van der Waals surface area contributed by atoms with Gasteiger partial charge in [0.15, 0.2) is 0 Å². The van der Waals surface area contributed by atoms with E-state index in [-0.39, 0.29) is 12.1 Å². The standard InChI is InChI=1S/C7H18N2O/c1-4-7(10-5-2)6(3)9-8/h6-7,9H,4-5,8H2,1-3H3. The molecule has 0 rings (SSSR count). The Kier molecular flexibility index (Phi) is 5.58. The van der Waals surface area contributed by atoms with Crippen LogP contribution in [0.15, 0.2) is 0 Å². The molecule has 3 heteroatoms. The van der Waals surface area contributed by atoms with Crippen molar-refractivity contribution in [1.29, 1.82) is 0 Å². The second kappa shape index (κ2) is 5.65. The van der Waals surface area contributed by atoms with E-state index in [1.54, 1.807) is 0 Å². The van der Waals surface area contributed by atoms with Gasteiger partial charge < -0.3 is 4.74 Å². The zero-order valence-electron chi connectivity index (χ0n) is 7.05. The molecule has 0 amide bonds. The second-order valence-corrected chi connectivity index (χ2v) is 2.36. The highest BCUT2D eigenvalue weighted by molar-refractivity contribution is 4.67. The summed E-state index contributed by atoms with van der Waals surface area (Å²) in [5.74, 6) is 5.25. The molecule has 0 aliphatic heterocycles. The van der Waals surface area contributed by atoms with Crippen LogP contribution >= 0.6 is 0 Å². The largest absolute Gasteiger partial charge is 0.377 e. The van der Waals surface area contributed by atoms with Crippen molar-refractivity contribution in [3.8, 4) is 0 Å². The van der Waals surface area contributed by atoms with Gasteiger partial charge in [0.2, 0.25) is 0 Å². The highest BCUT2D eigenvalue weighted by Gasteiger charge is 2.12. The van der Waals surface area contributed by atoms with Gasteiger partial charge in [-0.05, 0) is 20.3 Å². The van der Waals surface area contributed by atoms with Crippen molar-refractivity contribution in [2.24, 2.45) is 5.84 Å². The minimum Gasteiger partial charge on any atom is -0.377 e.